The number of nitrogens with zero attached hydrogens (tertiary/aromatic N) is 6. The first-order valence-corrected chi connectivity index (χ1v) is 9.86. The van der Waals surface area contributed by atoms with E-state index in [0.717, 1.165) is 29.2 Å². The zero-order chi connectivity index (χ0) is 19.0. The third-order valence-corrected chi connectivity index (χ3v) is 5.55. The fourth-order valence-electron chi connectivity index (χ4n) is 3.09. The van der Waals surface area contributed by atoms with Gasteiger partial charge in [0.25, 0.3) is 11.7 Å². The zero-order valence-corrected chi connectivity index (χ0v) is 16.3. The Morgan fingerprint density at radius 3 is 2.78 bits per heavy atom. The second-order valence-electron chi connectivity index (χ2n) is 6.46. The lowest BCUT2D eigenvalue weighted by molar-refractivity contribution is 0.0808. The molecule has 1 aliphatic rings. The number of amidine groups is 1. The minimum Gasteiger partial charge on any atom is -0.280 e. The summed E-state index contributed by atoms with van der Waals surface area (Å²) in [6, 6.07) is 11.7. The first-order chi connectivity index (χ1) is 13.1. The van der Waals surface area contributed by atoms with Crippen LogP contribution in [0, 0.1) is 13.8 Å². The number of amides is 1. The van der Waals surface area contributed by atoms with Crippen molar-refractivity contribution in [2.75, 3.05) is 5.75 Å². The van der Waals surface area contributed by atoms with Crippen molar-refractivity contribution >= 4 is 34.3 Å². The van der Waals surface area contributed by atoms with Crippen molar-refractivity contribution in [1.29, 1.82) is 0 Å². The van der Waals surface area contributed by atoms with Crippen LogP contribution in [0.2, 0.25) is 0 Å². The van der Waals surface area contributed by atoms with E-state index in [4.69, 9.17) is 0 Å². The number of hydrogen-bond acceptors (Lipinski definition) is 6. The number of aryl methyl sites for hydroxylation is 2. The van der Waals surface area contributed by atoms with Crippen LogP contribution in [0.1, 0.15) is 35.4 Å². The molecule has 1 atom stereocenters. The van der Waals surface area contributed by atoms with E-state index >= 15 is 0 Å². The predicted molar refractivity (Wildman–Crippen MR) is 106 cm³/mol. The lowest BCUT2D eigenvalue weighted by atomic mass is 10.2. The highest BCUT2D eigenvalue weighted by atomic mass is 32.2. The number of carbonyl (C=O) groups is 1. The molecule has 138 valence electrons. The Morgan fingerprint density at radius 2 is 2.04 bits per heavy atom. The minimum absolute atomic E-state index is 0.0763. The summed E-state index contributed by atoms with van der Waals surface area (Å²) in [5.74, 6) is 1.18. The smallest absolute Gasteiger partial charge is 0.280 e. The molecule has 7 nitrogen and oxygen atoms in total. The number of aromatic nitrogens is 4. The summed E-state index contributed by atoms with van der Waals surface area (Å²) < 4.78 is 1.61. The highest BCUT2D eigenvalue weighted by Gasteiger charge is 2.36. The molecular formula is C19H20N6OS. The van der Waals surface area contributed by atoms with Crippen molar-refractivity contribution in [3.63, 3.8) is 0 Å². The van der Waals surface area contributed by atoms with Gasteiger partial charge in [-0.05, 0) is 38.5 Å². The van der Waals surface area contributed by atoms with Crippen LogP contribution >= 0.6 is 11.8 Å². The maximum Gasteiger partial charge on any atom is 0.299 e. The van der Waals surface area contributed by atoms with Gasteiger partial charge in [0.1, 0.15) is 0 Å². The van der Waals surface area contributed by atoms with Crippen LogP contribution in [-0.2, 0) is 0 Å². The van der Waals surface area contributed by atoms with E-state index in [1.54, 1.807) is 21.2 Å². The van der Waals surface area contributed by atoms with Crippen molar-refractivity contribution in [2.45, 2.75) is 33.2 Å². The number of carbonyl (C=O) groups excluding carboxylic acids is 1. The van der Waals surface area contributed by atoms with Gasteiger partial charge in [0, 0.05) is 23.2 Å². The zero-order valence-electron chi connectivity index (χ0n) is 15.5. The van der Waals surface area contributed by atoms with Crippen molar-refractivity contribution in [2.24, 2.45) is 4.99 Å². The lowest BCUT2D eigenvalue weighted by Gasteiger charge is -2.21. The molecule has 27 heavy (non-hydrogen) atoms. The molecule has 1 saturated heterocycles. The van der Waals surface area contributed by atoms with E-state index in [1.807, 2.05) is 50.2 Å². The number of fused-ring (bicyclic) bond motifs is 1. The van der Waals surface area contributed by atoms with Crippen molar-refractivity contribution in [3.05, 3.63) is 53.6 Å². The second-order valence-corrected chi connectivity index (χ2v) is 7.45. The largest absolute Gasteiger partial charge is 0.299 e. The van der Waals surface area contributed by atoms with Crippen LogP contribution in [0.3, 0.4) is 0 Å². The molecule has 4 rings (SSSR count). The number of rotatable bonds is 3. The number of aliphatic imine (C=N–C) groups is 1. The topological polar surface area (TPSA) is 75.8 Å². The molecule has 1 amide bonds. The maximum atomic E-state index is 13.2. The van der Waals surface area contributed by atoms with Gasteiger partial charge in [-0.2, -0.15) is 4.98 Å². The molecule has 0 spiro atoms. The van der Waals surface area contributed by atoms with Crippen LogP contribution in [0.25, 0.3) is 5.78 Å². The number of hydrogen-bond donors (Lipinski definition) is 0. The van der Waals surface area contributed by atoms with Crippen LogP contribution in [0.5, 0.6) is 0 Å². The molecule has 1 fully saturated rings. The molecule has 0 bridgehead atoms. The van der Waals surface area contributed by atoms with E-state index in [0.29, 0.717) is 10.9 Å². The van der Waals surface area contributed by atoms with Crippen LogP contribution in [0.15, 0.2) is 41.4 Å². The van der Waals surface area contributed by atoms with Crippen LogP contribution < -0.4 is 0 Å². The lowest BCUT2D eigenvalue weighted by Crippen LogP contribution is -2.39. The number of benzene rings is 1. The first-order valence-electron chi connectivity index (χ1n) is 8.88. The monoisotopic (exact) mass is 380 g/mol. The molecule has 0 aliphatic carbocycles. The Morgan fingerprint density at radius 1 is 1.26 bits per heavy atom. The van der Waals surface area contributed by atoms with E-state index in [9.17, 15) is 4.79 Å². The van der Waals surface area contributed by atoms with Gasteiger partial charge in [-0.15, -0.1) is 5.10 Å². The quantitative estimate of drug-likeness (QED) is 0.696. The summed E-state index contributed by atoms with van der Waals surface area (Å²) in [5.41, 5.74) is 2.57. The maximum absolute atomic E-state index is 13.2. The Kier molecular flexibility index (Phi) is 4.65. The predicted octanol–water partition coefficient (Wildman–Crippen LogP) is 3.40. The average Bonchev–Trinajstić information content (AvgIpc) is 3.26. The summed E-state index contributed by atoms with van der Waals surface area (Å²) in [4.78, 5) is 28.4. The molecule has 3 heterocycles. The van der Waals surface area contributed by atoms with Gasteiger partial charge in [-0.1, -0.05) is 36.9 Å². The van der Waals surface area contributed by atoms with Crippen molar-refractivity contribution < 1.29 is 4.79 Å². The summed E-state index contributed by atoms with van der Waals surface area (Å²) in [7, 11) is 0. The van der Waals surface area contributed by atoms with E-state index in [-0.39, 0.29) is 17.8 Å². The van der Waals surface area contributed by atoms with Crippen LogP contribution in [0.4, 0.5) is 5.69 Å². The summed E-state index contributed by atoms with van der Waals surface area (Å²) in [6.45, 7) is 5.90. The third-order valence-electron chi connectivity index (χ3n) is 4.46. The van der Waals surface area contributed by atoms with E-state index < -0.39 is 0 Å². The van der Waals surface area contributed by atoms with Gasteiger partial charge in [0.15, 0.2) is 5.17 Å². The molecule has 2 aromatic heterocycles. The molecule has 0 unspecified atom stereocenters. The highest BCUT2D eigenvalue weighted by Crippen LogP contribution is 2.29. The Balaban J connectivity index is 1.73. The van der Waals surface area contributed by atoms with E-state index in [2.05, 4.69) is 27.0 Å². The van der Waals surface area contributed by atoms with Crippen molar-refractivity contribution in [1.82, 2.24) is 24.5 Å². The summed E-state index contributed by atoms with van der Waals surface area (Å²) >= 11 is 1.59. The third kappa shape index (κ3) is 3.32. The normalized spacial score (nSPS) is 18.6. The highest BCUT2D eigenvalue weighted by molar-refractivity contribution is 8.14. The summed E-state index contributed by atoms with van der Waals surface area (Å²) in [5, 5.41) is 5.09. The minimum atomic E-state index is -0.232. The molecule has 8 heteroatoms. The van der Waals surface area contributed by atoms with Gasteiger partial charge in [0.2, 0.25) is 5.82 Å². The summed E-state index contributed by atoms with van der Waals surface area (Å²) in [6.07, 6.45) is 0.844. The van der Waals surface area contributed by atoms with Gasteiger partial charge < -0.3 is 0 Å². The standard InChI is InChI=1S/C19H20N6OS/c1-4-15-11-27-19(21-14-8-6-5-7-9-14)24(15)17(26)16-22-18-20-12(2)10-13(3)25(18)23-16/h5-10,15H,4,11H2,1-3H3/t15-/m1/s1. The van der Waals surface area contributed by atoms with Gasteiger partial charge in [0.05, 0.1) is 5.69 Å². The number of thioether (sulfide) groups is 1. The number of para-hydroxylation sites is 1. The Hall–Kier alpha value is -2.74. The molecule has 0 saturated carbocycles. The fraction of sp³-hybridized carbons (Fsp3) is 0.316. The molecule has 1 aromatic carbocycles. The van der Waals surface area contributed by atoms with E-state index in [1.165, 1.54) is 0 Å². The molecule has 0 radical (unpaired) electrons. The van der Waals surface area contributed by atoms with Gasteiger partial charge in [-0.3, -0.25) is 9.69 Å². The SMILES string of the molecule is CC[C@@H]1CSC(=Nc2ccccc2)N1C(=O)c1nc2nc(C)cc(C)n2n1. The van der Waals surface area contributed by atoms with Gasteiger partial charge in [-0.25, -0.2) is 14.5 Å². The first kappa shape index (κ1) is 17.7. The fourth-order valence-corrected chi connectivity index (χ4v) is 4.36. The Bertz CT molecular complexity index is 1030. The molecule has 3 aromatic rings. The molecule has 1 aliphatic heterocycles. The second kappa shape index (κ2) is 7.11. The molecular weight excluding hydrogens is 360 g/mol. The average molecular weight is 380 g/mol. The van der Waals surface area contributed by atoms with Crippen molar-refractivity contribution in [3.8, 4) is 0 Å². The molecule has 0 N–H and O–H groups in total. The van der Waals surface area contributed by atoms with Gasteiger partial charge >= 0.3 is 0 Å². The van der Waals surface area contributed by atoms with Crippen LogP contribution in [-0.4, -0.2) is 47.4 Å². The Labute approximate surface area is 161 Å².